The molecule has 1 aromatic heterocycles. The van der Waals surface area contributed by atoms with Crippen LogP contribution in [0.4, 0.5) is 5.82 Å². The smallest absolute Gasteiger partial charge is 0.151 e. The molecule has 2 aromatic rings. The molecule has 4 heteroatoms. The Morgan fingerprint density at radius 3 is 2.88 bits per heavy atom. The fourth-order valence-electron chi connectivity index (χ4n) is 1.43. The van der Waals surface area contributed by atoms with Gasteiger partial charge >= 0.3 is 0 Å². The second kappa shape index (κ2) is 5.10. The molecule has 86 valence electrons. The largest absolute Gasteiger partial charge is 0.506 e. The molecular formula is C13H11BrN2O. The van der Waals surface area contributed by atoms with Gasteiger partial charge in [-0.3, -0.25) is 0 Å². The van der Waals surface area contributed by atoms with E-state index >= 15 is 0 Å². The summed E-state index contributed by atoms with van der Waals surface area (Å²) in [7, 11) is 0. The lowest BCUT2D eigenvalue weighted by atomic mass is 10.1. The average molecular weight is 291 g/mol. The minimum Gasteiger partial charge on any atom is -0.506 e. The second-order valence-electron chi connectivity index (χ2n) is 3.63. The Hall–Kier alpha value is -1.68. The molecule has 0 fully saturated rings. The highest BCUT2D eigenvalue weighted by Gasteiger charge is 2.04. The van der Waals surface area contributed by atoms with E-state index in [0.717, 1.165) is 5.56 Å². The zero-order valence-electron chi connectivity index (χ0n) is 9.26. The number of hydrogen-bond acceptors (Lipinski definition) is 3. The predicted octanol–water partition coefficient (Wildman–Crippen LogP) is 3.61. The van der Waals surface area contributed by atoms with Crippen molar-refractivity contribution in [2.75, 3.05) is 0 Å². The number of aromatic hydroxyl groups is 1. The van der Waals surface area contributed by atoms with Gasteiger partial charge in [-0.2, -0.15) is 0 Å². The van der Waals surface area contributed by atoms with E-state index < -0.39 is 0 Å². The van der Waals surface area contributed by atoms with E-state index in [4.69, 9.17) is 0 Å². The standard InChI is InChI=1S/C13H11BrN2O/c1-9-6-10(13(17)11(14)7-9)8-16-12-4-2-3-5-15-12/h2-8,17H,1H3. The van der Waals surface area contributed by atoms with Gasteiger partial charge < -0.3 is 5.11 Å². The number of hydrogen-bond donors (Lipinski definition) is 1. The summed E-state index contributed by atoms with van der Waals surface area (Å²) < 4.78 is 0.667. The summed E-state index contributed by atoms with van der Waals surface area (Å²) in [6.07, 6.45) is 3.29. The molecule has 0 bridgehead atoms. The van der Waals surface area contributed by atoms with Gasteiger partial charge in [-0.1, -0.05) is 6.07 Å². The summed E-state index contributed by atoms with van der Waals surface area (Å²) in [6, 6.07) is 9.23. The Balaban J connectivity index is 2.33. The molecule has 0 saturated heterocycles. The molecule has 1 N–H and O–H groups in total. The molecule has 3 nitrogen and oxygen atoms in total. The number of phenols is 1. The normalized spacial score (nSPS) is 10.9. The van der Waals surface area contributed by atoms with Gasteiger partial charge in [0.2, 0.25) is 0 Å². The van der Waals surface area contributed by atoms with Crippen LogP contribution in [-0.4, -0.2) is 16.3 Å². The third-order valence-electron chi connectivity index (χ3n) is 2.22. The van der Waals surface area contributed by atoms with Gasteiger partial charge in [-0.25, -0.2) is 9.98 Å². The van der Waals surface area contributed by atoms with Crippen molar-refractivity contribution in [1.82, 2.24) is 4.98 Å². The first-order chi connectivity index (χ1) is 8.16. The third-order valence-corrected chi connectivity index (χ3v) is 2.83. The van der Waals surface area contributed by atoms with Crippen LogP contribution >= 0.6 is 15.9 Å². The molecule has 2 rings (SSSR count). The first-order valence-corrected chi connectivity index (χ1v) is 5.90. The molecule has 0 aliphatic rings. The summed E-state index contributed by atoms with van der Waals surface area (Å²) >= 11 is 3.30. The predicted molar refractivity (Wildman–Crippen MR) is 72.0 cm³/mol. The molecule has 1 heterocycles. The van der Waals surface area contributed by atoms with E-state index in [1.54, 1.807) is 18.5 Å². The van der Waals surface area contributed by atoms with E-state index in [1.807, 2.05) is 31.2 Å². The Morgan fingerprint density at radius 1 is 1.35 bits per heavy atom. The van der Waals surface area contributed by atoms with E-state index in [-0.39, 0.29) is 5.75 Å². The van der Waals surface area contributed by atoms with Crippen LogP contribution in [0.15, 0.2) is 46.0 Å². The van der Waals surface area contributed by atoms with Gasteiger partial charge in [0.05, 0.1) is 4.47 Å². The highest BCUT2D eigenvalue weighted by Crippen LogP contribution is 2.28. The summed E-state index contributed by atoms with van der Waals surface area (Å²) in [5.74, 6) is 0.805. The Kier molecular flexibility index (Phi) is 3.54. The van der Waals surface area contributed by atoms with Crippen LogP contribution in [0, 0.1) is 6.92 Å². The van der Waals surface area contributed by atoms with Crippen molar-refractivity contribution in [2.24, 2.45) is 4.99 Å². The molecule has 0 spiro atoms. The van der Waals surface area contributed by atoms with Gasteiger partial charge in [0.1, 0.15) is 5.75 Å². The van der Waals surface area contributed by atoms with Crippen LogP contribution in [0.5, 0.6) is 5.75 Å². The molecule has 0 aliphatic heterocycles. The first kappa shape index (κ1) is 11.8. The number of benzene rings is 1. The van der Waals surface area contributed by atoms with Crippen LogP contribution in [-0.2, 0) is 0 Å². The monoisotopic (exact) mass is 290 g/mol. The number of nitrogens with zero attached hydrogens (tertiary/aromatic N) is 2. The minimum absolute atomic E-state index is 0.190. The van der Waals surface area contributed by atoms with Gasteiger partial charge in [0, 0.05) is 18.0 Å². The van der Waals surface area contributed by atoms with Crippen molar-refractivity contribution in [1.29, 1.82) is 0 Å². The van der Waals surface area contributed by atoms with Crippen LogP contribution in [0.3, 0.4) is 0 Å². The maximum atomic E-state index is 9.84. The zero-order chi connectivity index (χ0) is 12.3. The van der Waals surface area contributed by atoms with Gasteiger partial charge in [-0.15, -0.1) is 0 Å². The number of aromatic nitrogens is 1. The van der Waals surface area contributed by atoms with Crippen molar-refractivity contribution in [3.05, 3.63) is 52.1 Å². The van der Waals surface area contributed by atoms with Crippen LogP contribution in [0.25, 0.3) is 0 Å². The third kappa shape index (κ3) is 2.91. The minimum atomic E-state index is 0.190. The average Bonchev–Trinajstić information content (AvgIpc) is 2.33. The molecule has 0 amide bonds. The summed E-state index contributed by atoms with van der Waals surface area (Å²) in [4.78, 5) is 8.28. The van der Waals surface area contributed by atoms with Crippen molar-refractivity contribution in [3.8, 4) is 5.75 Å². The summed E-state index contributed by atoms with van der Waals surface area (Å²) in [6.45, 7) is 1.96. The molecule has 0 aliphatic carbocycles. The lowest BCUT2D eigenvalue weighted by Crippen LogP contribution is -1.86. The number of aliphatic imine (C=N–C) groups is 1. The fourth-order valence-corrected chi connectivity index (χ4v) is 2.02. The topological polar surface area (TPSA) is 45.5 Å². The quantitative estimate of drug-likeness (QED) is 0.859. The number of pyridine rings is 1. The lowest BCUT2D eigenvalue weighted by molar-refractivity contribution is 0.471. The molecule has 0 radical (unpaired) electrons. The SMILES string of the molecule is Cc1cc(Br)c(O)c(C=Nc2ccccn2)c1. The highest BCUT2D eigenvalue weighted by atomic mass is 79.9. The number of halogens is 1. The Bertz CT molecular complexity index is 553. The van der Waals surface area contributed by atoms with Gasteiger partial charge in [0.25, 0.3) is 0 Å². The number of rotatable bonds is 2. The van der Waals surface area contributed by atoms with Crippen LogP contribution in [0.2, 0.25) is 0 Å². The van der Waals surface area contributed by atoms with Crippen molar-refractivity contribution < 1.29 is 5.11 Å². The molecular weight excluding hydrogens is 280 g/mol. The molecule has 17 heavy (non-hydrogen) atoms. The van der Waals surface area contributed by atoms with E-state index in [1.165, 1.54) is 0 Å². The van der Waals surface area contributed by atoms with E-state index in [0.29, 0.717) is 15.9 Å². The highest BCUT2D eigenvalue weighted by molar-refractivity contribution is 9.10. The van der Waals surface area contributed by atoms with Crippen molar-refractivity contribution >= 4 is 28.0 Å². The number of phenolic OH excluding ortho intramolecular Hbond substituents is 1. The Morgan fingerprint density at radius 2 is 2.18 bits per heavy atom. The number of aryl methyl sites for hydroxylation is 1. The molecule has 1 aromatic carbocycles. The van der Waals surface area contributed by atoms with E-state index in [9.17, 15) is 5.11 Å². The van der Waals surface area contributed by atoms with E-state index in [2.05, 4.69) is 25.9 Å². The van der Waals surface area contributed by atoms with Crippen molar-refractivity contribution in [3.63, 3.8) is 0 Å². The zero-order valence-corrected chi connectivity index (χ0v) is 10.8. The lowest BCUT2D eigenvalue weighted by Gasteiger charge is -2.03. The fraction of sp³-hybridized carbons (Fsp3) is 0.0769. The van der Waals surface area contributed by atoms with Crippen molar-refractivity contribution in [2.45, 2.75) is 6.92 Å². The van der Waals surface area contributed by atoms with Gasteiger partial charge in [-0.05, 0) is 52.7 Å². The van der Waals surface area contributed by atoms with Crippen LogP contribution < -0.4 is 0 Å². The maximum absolute atomic E-state index is 9.84. The van der Waals surface area contributed by atoms with Crippen LogP contribution in [0.1, 0.15) is 11.1 Å². The second-order valence-corrected chi connectivity index (χ2v) is 4.49. The van der Waals surface area contributed by atoms with Gasteiger partial charge in [0.15, 0.2) is 5.82 Å². The molecule has 0 unspecified atom stereocenters. The summed E-state index contributed by atoms with van der Waals surface area (Å²) in [5, 5.41) is 9.84. The molecule has 0 saturated carbocycles. The molecule has 0 atom stereocenters. The summed E-state index contributed by atoms with van der Waals surface area (Å²) in [5.41, 5.74) is 1.72. The first-order valence-electron chi connectivity index (χ1n) is 5.11. The maximum Gasteiger partial charge on any atom is 0.151 e. The Labute approximate surface area is 108 Å².